The topological polar surface area (TPSA) is 29.9 Å². The first-order valence-corrected chi connectivity index (χ1v) is 6.01. The number of aryl methyl sites for hydroxylation is 1. The molecule has 0 aromatic carbocycles. The molecule has 0 fully saturated rings. The fourth-order valence-electron chi connectivity index (χ4n) is 1.68. The van der Waals surface area contributed by atoms with Crippen LogP contribution in [0.25, 0.3) is 0 Å². The van der Waals surface area contributed by atoms with Crippen LogP contribution in [0, 0.1) is 0 Å². The molecule has 0 aliphatic heterocycles. The SMILES string of the molecule is CCCC(C)NCc1cnn(CCC)c1. The van der Waals surface area contributed by atoms with E-state index < -0.39 is 0 Å². The fraction of sp³-hybridized carbons (Fsp3) is 0.750. The molecule has 1 aromatic heterocycles. The van der Waals surface area contributed by atoms with Crippen molar-refractivity contribution in [2.75, 3.05) is 0 Å². The van der Waals surface area contributed by atoms with Crippen LogP contribution in [-0.4, -0.2) is 15.8 Å². The zero-order valence-corrected chi connectivity index (χ0v) is 10.2. The van der Waals surface area contributed by atoms with Crippen molar-refractivity contribution in [2.45, 2.75) is 59.2 Å². The number of nitrogens with one attached hydrogen (secondary N) is 1. The zero-order chi connectivity index (χ0) is 11.1. The molecule has 3 nitrogen and oxygen atoms in total. The van der Waals surface area contributed by atoms with Crippen molar-refractivity contribution >= 4 is 0 Å². The van der Waals surface area contributed by atoms with Gasteiger partial charge in [-0.1, -0.05) is 20.3 Å². The lowest BCUT2D eigenvalue weighted by molar-refractivity contribution is 0.508. The minimum Gasteiger partial charge on any atom is -0.310 e. The van der Waals surface area contributed by atoms with Crippen LogP contribution in [0.4, 0.5) is 0 Å². The second kappa shape index (κ2) is 6.62. The summed E-state index contributed by atoms with van der Waals surface area (Å²) >= 11 is 0. The molecule has 1 unspecified atom stereocenters. The summed E-state index contributed by atoms with van der Waals surface area (Å²) in [6.45, 7) is 8.58. The van der Waals surface area contributed by atoms with Crippen molar-refractivity contribution in [3.8, 4) is 0 Å². The summed E-state index contributed by atoms with van der Waals surface area (Å²) in [5, 5.41) is 7.81. The molecule has 1 atom stereocenters. The van der Waals surface area contributed by atoms with Crippen molar-refractivity contribution in [1.29, 1.82) is 0 Å². The Balaban J connectivity index is 2.30. The van der Waals surface area contributed by atoms with E-state index in [1.807, 2.05) is 10.9 Å². The molecule has 0 aliphatic carbocycles. The van der Waals surface area contributed by atoms with Gasteiger partial charge in [-0.25, -0.2) is 0 Å². The standard InChI is InChI=1S/C12H23N3/c1-4-6-11(3)13-8-12-9-14-15(10-12)7-5-2/h9-11,13H,4-8H2,1-3H3. The van der Waals surface area contributed by atoms with E-state index in [2.05, 4.69) is 37.4 Å². The molecule has 86 valence electrons. The van der Waals surface area contributed by atoms with Gasteiger partial charge in [0.1, 0.15) is 0 Å². The van der Waals surface area contributed by atoms with Crippen LogP contribution < -0.4 is 5.32 Å². The molecule has 0 saturated heterocycles. The van der Waals surface area contributed by atoms with E-state index in [0.717, 1.165) is 19.5 Å². The van der Waals surface area contributed by atoms with Crippen molar-refractivity contribution in [3.05, 3.63) is 18.0 Å². The van der Waals surface area contributed by atoms with Gasteiger partial charge in [0, 0.05) is 30.9 Å². The Hall–Kier alpha value is -0.830. The van der Waals surface area contributed by atoms with Gasteiger partial charge >= 0.3 is 0 Å². The molecule has 15 heavy (non-hydrogen) atoms. The summed E-state index contributed by atoms with van der Waals surface area (Å²) in [6, 6.07) is 0.601. The summed E-state index contributed by atoms with van der Waals surface area (Å²) in [5.41, 5.74) is 1.28. The average molecular weight is 209 g/mol. The summed E-state index contributed by atoms with van der Waals surface area (Å²) in [5.74, 6) is 0. The normalized spacial score (nSPS) is 13.0. The molecule has 1 heterocycles. The molecule has 1 N–H and O–H groups in total. The van der Waals surface area contributed by atoms with Gasteiger partial charge in [0.15, 0.2) is 0 Å². The second-order valence-electron chi connectivity index (χ2n) is 4.18. The molecule has 1 aromatic rings. The Morgan fingerprint density at radius 2 is 2.20 bits per heavy atom. The van der Waals surface area contributed by atoms with Crippen LogP contribution >= 0.6 is 0 Å². The van der Waals surface area contributed by atoms with Gasteiger partial charge in [0.05, 0.1) is 6.20 Å². The largest absolute Gasteiger partial charge is 0.310 e. The molecular weight excluding hydrogens is 186 g/mol. The highest BCUT2D eigenvalue weighted by atomic mass is 15.3. The first kappa shape index (κ1) is 12.2. The zero-order valence-electron chi connectivity index (χ0n) is 10.2. The molecule has 0 spiro atoms. The van der Waals surface area contributed by atoms with E-state index in [0.29, 0.717) is 6.04 Å². The summed E-state index contributed by atoms with van der Waals surface area (Å²) < 4.78 is 2.02. The molecule has 0 amide bonds. The fourth-order valence-corrected chi connectivity index (χ4v) is 1.68. The molecular formula is C12H23N3. The van der Waals surface area contributed by atoms with Gasteiger partial charge in [0.2, 0.25) is 0 Å². The Morgan fingerprint density at radius 3 is 2.87 bits per heavy atom. The van der Waals surface area contributed by atoms with E-state index >= 15 is 0 Å². The lowest BCUT2D eigenvalue weighted by Crippen LogP contribution is -2.24. The summed E-state index contributed by atoms with van der Waals surface area (Å²) in [6.07, 6.45) is 7.71. The average Bonchev–Trinajstić information content (AvgIpc) is 2.64. The van der Waals surface area contributed by atoms with Crippen molar-refractivity contribution in [3.63, 3.8) is 0 Å². The van der Waals surface area contributed by atoms with Crippen LogP contribution in [0.2, 0.25) is 0 Å². The Morgan fingerprint density at radius 1 is 1.40 bits per heavy atom. The number of aromatic nitrogens is 2. The summed E-state index contributed by atoms with van der Waals surface area (Å²) in [4.78, 5) is 0. The molecule has 3 heteroatoms. The van der Waals surface area contributed by atoms with Gasteiger partial charge in [-0.3, -0.25) is 4.68 Å². The minimum atomic E-state index is 0.601. The van der Waals surface area contributed by atoms with E-state index in [1.54, 1.807) is 0 Å². The van der Waals surface area contributed by atoms with Crippen molar-refractivity contribution < 1.29 is 0 Å². The van der Waals surface area contributed by atoms with Gasteiger partial charge < -0.3 is 5.32 Å². The van der Waals surface area contributed by atoms with E-state index in [4.69, 9.17) is 0 Å². The predicted octanol–water partition coefficient (Wildman–Crippen LogP) is 2.57. The third kappa shape index (κ3) is 4.47. The van der Waals surface area contributed by atoms with Crippen LogP contribution in [0.15, 0.2) is 12.4 Å². The third-order valence-electron chi connectivity index (χ3n) is 2.52. The molecule has 0 saturated carbocycles. The Labute approximate surface area is 92.9 Å². The van der Waals surface area contributed by atoms with Crippen molar-refractivity contribution in [2.24, 2.45) is 0 Å². The van der Waals surface area contributed by atoms with Crippen LogP contribution in [0.3, 0.4) is 0 Å². The molecule has 0 radical (unpaired) electrons. The van der Waals surface area contributed by atoms with E-state index in [-0.39, 0.29) is 0 Å². The Bertz CT molecular complexity index is 268. The van der Waals surface area contributed by atoms with Gasteiger partial charge in [0.25, 0.3) is 0 Å². The number of hydrogen-bond donors (Lipinski definition) is 1. The van der Waals surface area contributed by atoms with E-state index in [1.165, 1.54) is 18.4 Å². The molecule has 1 rings (SSSR count). The quantitative estimate of drug-likeness (QED) is 0.748. The number of hydrogen-bond acceptors (Lipinski definition) is 2. The maximum Gasteiger partial charge on any atom is 0.0534 e. The highest BCUT2D eigenvalue weighted by Gasteiger charge is 2.01. The van der Waals surface area contributed by atoms with Gasteiger partial charge in [-0.15, -0.1) is 0 Å². The van der Waals surface area contributed by atoms with E-state index in [9.17, 15) is 0 Å². The second-order valence-corrected chi connectivity index (χ2v) is 4.18. The monoisotopic (exact) mass is 209 g/mol. The van der Waals surface area contributed by atoms with Gasteiger partial charge in [-0.2, -0.15) is 5.10 Å². The van der Waals surface area contributed by atoms with Crippen LogP contribution in [0.5, 0.6) is 0 Å². The number of rotatable bonds is 7. The van der Waals surface area contributed by atoms with Crippen molar-refractivity contribution in [1.82, 2.24) is 15.1 Å². The number of nitrogens with zero attached hydrogens (tertiary/aromatic N) is 2. The lowest BCUT2D eigenvalue weighted by Gasteiger charge is -2.10. The Kier molecular flexibility index (Phi) is 5.40. The van der Waals surface area contributed by atoms with Gasteiger partial charge in [-0.05, 0) is 19.8 Å². The first-order chi connectivity index (χ1) is 7.26. The van der Waals surface area contributed by atoms with Crippen LogP contribution in [0.1, 0.15) is 45.6 Å². The third-order valence-corrected chi connectivity index (χ3v) is 2.52. The predicted molar refractivity (Wildman–Crippen MR) is 63.7 cm³/mol. The minimum absolute atomic E-state index is 0.601. The lowest BCUT2D eigenvalue weighted by atomic mass is 10.2. The highest BCUT2D eigenvalue weighted by molar-refractivity contribution is 5.03. The first-order valence-electron chi connectivity index (χ1n) is 6.01. The molecule has 0 aliphatic rings. The maximum atomic E-state index is 4.31. The summed E-state index contributed by atoms with van der Waals surface area (Å²) in [7, 11) is 0. The smallest absolute Gasteiger partial charge is 0.0534 e. The maximum absolute atomic E-state index is 4.31. The molecule has 0 bridgehead atoms. The highest BCUT2D eigenvalue weighted by Crippen LogP contribution is 2.01. The van der Waals surface area contributed by atoms with Crippen LogP contribution in [-0.2, 0) is 13.1 Å².